The lowest BCUT2D eigenvalue weighted by Gasteiger charge is -2.65. The second-order valence-corrected chi connectivity index (χ2v) is 6.25. The van der Waals surface area contributed by atoms with Crippen LogP contribution in [0.2, 0.25) is 0 Å². The van der Waals surface area contributed by atoms with E-state index in [4.69, 9.17) is 10.5 Å². The number of aromatic amines is 1. The Labute approximate surface area is 117 Å². The van der Waals surface area contributed by atoms with Gasteiger partial charge < -0.3 is 15.8 Å². The van der Waals surface area contributed by atoms with Gasteiger partial charge >= 0.3 is 0 Å². The van der Waals surface area contributed by atoms with Crippen molar-refractivity contribution in [1.82, 2.24) is 20.5 Å². The van der Waals surface area contributed by atoms with Crippen LogP contribution in [0, 0.1) is 11.3 Å². The first-order chi connectivity index (χ1) is 9.48. The number of fused-ring (bicyclic) bond motifs is 1. The number of aromatic nitrogens is 3. The average molecular weight is 279 g/mol. The number of ether oxygens (including phenoxy) is 1. The van der Waals surface area contributed by atoms with E-state index in [0.717, 1.165) is 19.4 Å². The molecule has 1 aromatic rings. The van der Waals surface area contributed by atoms with Crippen LogP contribution in [0.1, 0.15) is 32.5 Å². The average Bonchev–Trinajstić information content (AvgIpc) is 2.97. The number of nitrogens with one attached hydrogen (secondary N) is 2. The number of carbonyl (C=O) groups is 1. The van der Waals surface area contributed by atoms with Crippen molar-refractivity contribution in [2.24, 2.45) is 17.1 Å². The second-order valence-electron chi connectivity index (χ2n) is 6.25. The molecule has 1 aliphatic carbocycles. The first-order valence-corrected chi connectivity index (χ1v) is 7.01. The molecular weight excluding hydrogens is 258 g/mol. The number of nitrogens with zero attached hydrogens (tertiary/aromatic N) is 2. The van der Waals surface area contributed by atoms with Gasteiger partial charge in [-0.05, 0) is 12.8 Å². The molecule has 2 heterocycles. The number of H-pyrrole nitrogens is 1. The molecule has 2 aliphatic rings. The summed E-state index contributed by atoms with van der Waals surface area (Å²) in [6.45, 7) is 5.09. The lowest BCUT2D eigenvalue weighted by molar-refractivity contribution is -0.225. The summed E-state index contributed by atoms with van der Waals surface area (Å²) in [5, 5.41) is 9.33. The van der Waals surface area contributed by atoms with Crippen LogP contribution in [-0.4, -0.2) is 39.3 Å². The molecule has 3 unspecified atom stereocenters. The van der Waals surface area contributed by atoms with E-state index in [-0.39, 0.29) is 23.3 Å². The molecule has 1 saturated carbocycles. The number of nitrogens with two attached hydrogens (primary N) is 1. The first kappa shape index (κ1) is 13.5. The van der Waals surface area contributed by atoms with Crippen molar-refractivity contribution < 1.29 is 9.53 Å². The molecule has 1 amide bonds. The Hall–Kier alpha value is -1.47. The molecule has 7 nitrogen and oxygen atoms in total. The third kappa shape index (κ3) is 1.69. The van der Waals surface area contributed by atoms with Crippen LogP contribution in [-0.2, 0) is 16.1 Å². The second kappa shape index (κ2) is 4.53. The first-order valence-electron chi connectivity index (χ1n) is 7.01. The fourth-order valence-electron chi connectivity index (χ4n) is 3.66. The molecule has 7 heteroatoms. The molecule has 3 atom stereocenters. The van der Waals surface area contributed by atoms with E-state index < -0.39 is 5.54 Å². The summed E-state index contributed by atoms with van der Waals surface area (Å²) in [7, 11) is 0. The Balaban J connectivity index is 1.72. The maximum absolute atomic E-state index is 12.6. The minimum Gasteiger partial charge on any atom is -0.377 e. The Morgan fingerprint density at radius 3 is 3.15 bits per heavy atom. The quantitative estimate of drug-likeness (QED) is 0.719. The number of hydrogen-bond acceptors (Lipinski definition) is 5. The fraction of sp³-hybridized carbons (Fsp3) is 0.769. The Morgan fingerprint density at radius 2 is 2.45 bits per heavy atom. The predicted octanol–water partition coefficient (Wildman–Crippen LogP) is -0.0466. The van der Waals surface area contributed by atoms with E-state index in [2.05, 4.69) is 20.5 Å². The molecule has 110 valence electrons. The van der Waals surface area contributed by atoms with Crippen molar-refractivity contribution in [3.8, 4) is 0 Å². The van der Waals surface area contributed by atoms with Crippen LogP contribution in [0.15, 0.2) is 6.33 Å². The van der Waals surface area contributed by atoms with Gasteiger partial charge in [0.25, 0.3) is 0 Å². The van der Waals surface area contributed by atoms with Crippen molar-refractivity contribution in [2.75, 3.05) is 6.61 Å². The highest BCUT2D eigenvalue weighted by molar-refractivity contribution is 5.89. The van der Waals surface area contributed by atoms with Crippen LogP contribution in [0.25, 0.3) is 0 Å². The summed E-state index contributed by atoms with van der Waals surface area (Å²) < 4.78 is 5.80. The molecule has 1 saturated heterocycles. The number of hydrogen-bond donors (Lipinski definition) is 3. The molecular formula is C13H21N5O2. The summed E-state index contributed by atoms with van der Waals surface area (Å²) >= 11 is 0. The minimum absolute atomic E-state index is 0.0808. The van der Waals surface area contributed by atoms with Gasteiger partial charge in [0.05, 0.1) is 12.6 Å². The van der Waals surface area contributed by atoms with Crippen LogP contribution in [0.5, 0.6) is 0 Å². The van der Waals surface area contributed by atoms with Gasteiger partial charge in [0.1, 0.15) is 17.7 Å². The predicted molar refractivity (Wildman–Crippen MR) is 71.4 cm³/mol. The molecule has 3 rings (SSSR count). The van der Waals surface area contributed by atoms with Gasteiger partial charge in [-0.25, -0.2) is 4.98 Å². The standard InChI is InChI=1S/C13H21N5O2/c1-12(2)10-8(4-3-5-20-10)13(12,14)11(19)15-6-9-16-7-17-18-9/h7-8,10H,3-6,14H2,1-2H3,(H,15,19)(H,16,17,18). The van der Waals surface area contributed by atoms with Crippen molar-refractivity contribution in [3.05, 3.63) is 12.2 Å². The third-order valence-corrected chi connectivity index (χ3v) is 4.94. The van der Waals surface area contributed by atoms with Gasteiger partial charge in [-0.3, -0.25) is 9.89 Å². The van der Waals surface area contributed by atoms with Crippen molar-refractivity contribution in [3.63, 3.8) is 0 Å². The van der Waals surface area contributed by atoms with Crippen LogP contribution >= 0.6 is 0 Å². The van der Waals surface area contributed by atoms with Gasteiger partial charge in [0, 0.05) is 17.9 Å². The van der Waals surface area contributed by atoms with Gasteiger partial charge in [0.2, 0.25) is 5.91 Å². The van der Waals surface area contributed by atoms with Gasteiger partial charge in [-0.2, -0.15) is 5.10 Å². The largest absolute Gasteiger partial charge is 0.377 e. The molecule has 0 radical (unpaired) electrons. The zero-order valence-corrected chi connectivity index (χ0v) is 11.8. The van der Waals surface area contributed by atoms with E-state index >= 15 is 0 Å². The normalized spacial score (nSPS) is 35.0. The fourth-order valence-corrected chi connectivity index (χ4v) is 3.66. The zero-order chi connectivity index (χ0) is 14.4. The molecule has 1 aliphatic heterocycles. The van der Waals surface area contributed by atoms with E-state index in [0.29, 0.717) is 12.4 Å². The SMILES string of the molecule is CC1(C)C2OCCCC2C1(N)C(=O)NCc1ncn[nH]1. The summed E-state index contributed by atoms with van der Waals surface area (Å²) in [6.07, 6.45) is 3.40. The molecule has 1 aromatic heterocycles. The number of rotatable bonds is 3. The summed E-state index contributed by atoms with van der Waals surface area (Å²) in [5.41, 5.74) is 5.25. The monoisotopic (exact) mass is 279 g/mol. The smallest absolute Gasteiger partial charge is 0.241 e. The highest BCUT2D eigenvalue weighted by atomic mass is 16.5. The lowest BCUT2D eigenvalue weighted by Crippen LogP contribution is -2.82. The Bertz CT molecular complexity index is 501. The highest BCUT2D eigenvalue weighted by Gasteiger charge is 2.70. The summed E-state index contributed by atoms with van der Waals surface area (Å²) in [5.74, 6) is 0.585. The van der Waals surface area contributed by atoms with Crippen LogP contribution < -0.4 is 11.1 Å². The van der Waals surface area contributed by atoms with E-state index in [1.54, 1.807) is 0 Å². The van der Waals surface area contributed by atoms with Crippen molar-refractivity contribution in [1.29, 1.82) is 0 Å². The van der Waals surface area contributed by atoms with E-state index in [1.807, 2.05) is 13.8 Å². The molecule has 0 spiro atoms. The minimum atomic E-state index is -0.877. The summed E-state index contributed by atoms with van der Waals surface area (Å²) in [4.78, 5) is 16.5. The number of carbonyl (C=O) groups excluding carboxylic acids is 1. The van der Waals surface area contributed by atoms with Gasteiger partial charge in [-0.1, -0.05) is 13.8 Å². The topological polar surface area (TPSA) is 106 Å². The molecule has 0 bridgehead atoms. The third-order valence-electron chi connectivity index (χ3n) is 4.94. The van der Waals surface area contributed by atoms with E-state index in [1.165, 1.54) is 6.33 Å². The maximum Gasteiger partial charge on any atom is 0.241 e. The Morgan fingerprint density at radius 1 is 1.65 bits per heavy atom. The van der Waals surface area contributed by atoms with Crippen LogP contribution in [0.4, 0.5) is 0 Å². The molecule has 4 N–H and O–H groups in total. The van der Waals surface area contributed by atoms with E-state index in [9.17, 15) is 4.79 Å². The zero-order valence-electron chi connectivity index (χ0n) is 11.8. The Kier molecular flexibility index (Phi) is 3.06. The van der Waals surface area contributed by atoms with Crippen molar-refractivity contribution in [2.45, 2.75) is 44.9 Å². The lowest BCUT2D eigenvalue weighted by atomic mass is 9.46. The maximum atomic E-state index is 12.6. The molecule has 20 heavy (non-hydrogen) atoms. The van der Waals surface area contributed by atoms with Gasteiger partial charge in [-0.15, -0.1) is 0 Å². The summed E-state index contributed by atoms with van der Waals surface area (Å²) in [6, 6.07) is 0. The van der Waals surface area contributed by atoms with Gasteiger partial charge in [0.15, 0.2) is 0 Å². The number of amides is 1. The molecule has 2 fully saturated rings. The highest BCUT2D eigenvalue weighted by Crippen LogP contribution is 2.57. The van der Waals surface area contributed by atoms with Crippen LogP contribution in [0.3, 0.4) is 0 Å². The molecule has 0 aromatic carbocycles. The van der Waals surface area contributed by atoms with Crippen molar-refractivity contribution >= 4 is 5.91 Å².